The molecule has 0 aliphatic heterocycles. The fraction of sp³-hybridized carbons (Fsp3) is 0.0909. The summed E-state index contributed by atoms with van der Waals surface area (Å²) in [6.45, 7) is 0.101. The van der Waals surface area contributed by atoms with Crippen molar-refractivity contribution >= 4 is 19.0 Å². The van der Waals surface area contributed by atoms with Crippen molar-refractivity contribution in [1.29, 1.82) is 0 Å². The van der Waals surface area contributed by atoms with Gasteiger partial charge in [0.25, 0.3) is 0 Å². The molecule has 2 aromatic carbocycles. The maximum atomic E-state index is 10.3. The van der Waals surface area contributed by atoms with Gasteiger partial charge in [-0.15, -0.1) is 4.52 Å². The minimum Gasteiger partial charge on any atom is -0.566 e. The Balaban J connectivity index is 2.26. The average Bonchev–Trinajstić information content (AvgIpc) is 2.26. The molecule has 0 heterocycles. The number of hydrogen-bond acceptors (Lipinski definition) is 3. The average molecular weight is 220 g/mol. The summed E-state index contributed by atoms with van der Waals surface area (Å²) >= 11 is 0. The minimum absolute atomic E-state index is 0.101. The standard InChI is InChI=1S/C11H9O3P/c12-15(13)14-8-9-5-6-10-3-1-2-4-11(10)7-9/h1-7H,8H2. The van der Waals surface area contributed by atoms with Gasteiger partial charge < -0.3 is 4.89 Å². The quantitative estimate of drug-likeness (QED) is 0.746. The van der Waals surface area contributed by atoms with Crippen LogP contribution in [0.25, 0.3) is 10.8 Å². The summed E-state index contributed by atoms with van der Waals surface area (Å²) in [6, 6.07) is 13.6. The second-order valence-electron chi connectivity index (χ2n) is 3.18. The maximum absolute atomic E-state index is 10.3. The summed E-state index contributed by atoms with van der Waals surface area (Å²) in [5.41, 5.74) is 0.855. The van der Waals surface area contributed by atoms with Crippen molar-refractivity contribution in [2.24, 2.45) is 0 Å². The van der Waals surface area contributed by atoms with E-state index in [1.54, 1.807) is 0 Å². The van der Waals surface area contributed by atoms with Crippen LogP contribution >= 0.6 is 8.25 Å². The van der Waals surface area contributed by atoms with Gasteiger partial charge >= 0.3 is 8.25 Å². The Labute approximate surface area is 88.3 Å². The summed E-state index contributed by atoms with van der Waals surface area (Å²) in [7, 11) is -2.77. The van der Waals surface area contributed by atoms with Gasteiger partial charge in [0.05, 0.1) is 0 Å². The Morgan fingerprint density at radius 3 is 2.60 bits per heavy atom. The maximum Gasteiger partial charge on any atom is 0.488 e. The Kier molecular flexibility index (Phi) is 3.07. The normalized spacial score (nSPS) is 11.7. The van der Waals surface area contributed by atoms with E-state index in [1.165, 1.54) is 0 Å². The molecule has 0 saturated heterocycles. The van der Waals surface area contributed by atoms with Gasteiger partial charge in [0.2, 0.25) is 0 Å². The predicted octanol–water partition coefficient (Wildman–Crippen LogP) is 2.37. The molecule has 15 heavy (non-hydrogen) atoms. The van der Waals surface area contributed by atoms with E-state index in [1.807, 2.05) is 42.5 Å². The van der Waals surface area contributed by atoms with Gasteiger partial charge in [-0.3, -0.25) is 0 Å². The summed E-state index contributed by atoms with van der Waals surface area (Å²) in [5.74, 6) is 0. The second kappa shape index (κ2) is 4.49. The minimum atomic E-state index is -2.77. The molecule has 1 unspecified atom stereocenters. The van der Waals surface area contributed by atoms with Crippen molar-refractivity contribution in [2.45, 2.75) is 6.61 Å². The van der Waals surface area contributed by atoms with Gasteiger partial charge in [0, 0.05) is 0 Å². The molecule has 0 aliphatic carbocycles. The highest BCUT2D eigenvalue weighted by Crippen LogP contribution is 2.19. The second-order valence-corrected chi connectivity index (χ2v) is 3.88. The third-order valence-corrected chi connectivity index (χ3v) is 2.49. The fourth-order valence-corrected chi connectivity index (χ4v) is 1.71. The highest BCUT2D eigenvalue weighted by molar-refractivity contribution is 7.30. The van der Waals surface area contributed by atoms with Crippen LogP contribution in [0.15, 0.2) is 42.5 Å². The molecular weight excluding hydrogens is 211 g/mol. The molecule has 2 rings (SSSR count). The third kappa shape index (κ3) is 2.60. The van der Waals surface area contributed by atoms with E-state index in [4.69, 9.17) is 0 Å². The zero-order valence-electron chi connectivity index (χ0n) is 7.92. The lowest BCUT2D eigenvalue weighted by Gasteiger charge is -2.00. The first-order valence-corrected chi connectivity index (χ1v) is 5.60. The van der Waals surface area contributed by atoms with Crippen LogP contribution in [0.5, 0.6) is 0 Å². The van der Waals surface area contributed by atoms with E-state index in [0.717, 1.165) is 16.3 Å². The lowest BCUT2D eigenvalue weighted by molar-refractivity contribution is -0.186. The van der Waals surface area contributed by atoms with Crippen LogP contribution < -0.4 is 4.89 Å². The monoisotopic (exact) mass is 220 g/mol. The van der Waals surface area contributed by atoms with Gasteiger partial charge in [-0.2, -0.15) is 0 Å². The molecule has 0 spiro atoms. The number of rotatable bonds is 3. The smallest absolute Gasteiger partial charge is 0.488 e. The van der Waals surface area contributed by atoms with Gasteiger partial charge in [0.1, 0.15) is 6.61 Å². The molecule has 4 heteroatoms. The summed E-state index contributed by atoms with van der Waals surface area (Å²) < 4.78 is 14.8. The van der Waals surface area contributed by atoms with E-state index in [0.29, 0.717) is 0 Å². The first-order valence-electron chi connectivity index (χ1n) is 4.51. The lowest BCUT2D eigenvalue weighted by atomic mass is 10.1. The highest BCUT2D eigenvalue weighted by Gasteiger charge is 2.03. The zero-order chi connectivity index (χ0) is 10.7. The largest absolute Gasteiger partial charge is 0.566 e. The van der Waals surface area contributed by atoms with Crippen molar-refractivity contribution in [3.63, 3.8) is 0 Å². The van der Waals surface area contributed by atoms with Crippen LogP contribution in [0, 0.1) is 0 Å². The molecule has 0 amide bonds. The van der Waals surface area contributed by atoms with Crippen molar-refractivity contribution in [3.8, 4) is 0 Å². The van der Waals surface area contributed by atoms with Crippen LogP contribution in [0.4, 0.5) is 0 Å². The molecular formula is C11H9O3P. The molecule has 1 atom stereocenters. The Bertz CT molecular complexity index is 496. The molecule has 0 radical (unpaired) electrons. The van der Waals surface area contributed by atoms with Gasteiger partial charge in [0.15, 0.2) is 0 Å². The number of benzene rings is 2. The molecule has 0 N–H and O–H groups in total. The van der Waals surface area contributed by atoms with Crippen molar-refractivity contribution < 1.29 is 14.0 Å². The molecule has 3 nitrogen and oxygen atoms in total. The zero-order valence-corrected chi connectivity index (χ0v) is 8.81. The Hall–Kier alpha value is -1.28. The Morgan fingerprint density at radius 1 is 1.13 bits per heavy atom. The number of fused-ring (bicyclic) bond motifs is 1. The molecule has 0 aliphatic rings. The van der Waals surface area contributed by atoms with Crippen LogP contribution in [0.3, 0.4) is 0 Å². The van der Waals surface area contributed by atoms with Crippen LogP contribution in [-0.2, 0) is 15.7 Å². The number of hydrogen-bond donors (Lipinski definition) is 0. The molecule has 0 fully saturated rings. The predicted molar refractivity (Wildman–Crippen MR) is 56.3 cm³/mol. The van der Waals surface area contributed by atoms with Crippen molar-refractivity contribution in [3.05, 3.63) is 48.0 Å². The topological polar surface area (TPSA) is 49.4 Å². The van der Waals surface area contributed by atoms with E-state index < -0.39 is 8.25 Å². The van der Waals surface area contributed by atoms with E-state index in [-0.39, 0.29) is 6.61 Å². The van der Waals surface area contributed by atoms with Gasteiger partial charge in [-0.25, -0.2) is 0 Å². The summed E-state index contributed by atoms with van der Waals surface area (Å²) in [5, 5.41) is 2.22. The van der Waals surface area contributed by atoms with E-state index in [2.05, 4.69) is 4.52 Å². The van der Waals surface area contributed by atoms with Crippen molar-refractivity contribution in [1.82, 2.24) is 0 Å². The van der Waals surface area contributed by atoms with E-state index in [9.17, 15) is 9.46 Å². The van der Waals surface area contributed by atoms with Crippen LogP contribution in [-0.4, -0.2) is 0 Å². The summed E-state index contributed by atoms with van der Waals surface area (Å²) in [4.78, 5) is 10.3. The Morgan fingerprint density at radius 2 is 1.87 bits per heavy atom. The third-order valence-electron chi connectivity index (χ3n) is 2.15. The highest BCUT2D eigenvalue weighted by atomic mass is 31.1. The molecule has 0 saturated carbocycles. The van der Waals surface area contributed by atoms with Gasteiger partial charge in [-0.05, 0) is 27.0 Å². The van der Waals surface area contributed by atoms with E-state index >= 15 is 0 Å². The van der Waals surface area contributed by atoms with Crippen LogP contribution in [0.1, 0.15) is 5.56 Å². The first-order chi connectivity index (χ1) is 7.25. The summed E-state index contributed by atoms with van der Waals surface area (Å²) in [6.07, 6.45) is 0. The van der Waals surface area contributed by atoms with Crippen molar-refractivity contribution in [2.75, 3.05) is 0 Å². The molecule has 2 aromatic rings. The first kappa shape index (κ1) is 10.2. The molecule has 0 aromatic heterocycles. The fourth-order valence-electron chi connectivity index (χ4n) is 1.46. The van der Waals surface area contributed by atoms with Crippen LogP contribution in [0.2, 0.25) is 0 Å². The lowest BCUT2D eigenvalue weighted by Crippen LogP contribution is -1.92. The molecule has 0 bridgehead atoms. The SMILES string of the molecule is O=[P+]([O-])OCc1ccc2ccccc2c1. The van der Waals surface area contributed by atoms with Gasteiger partial charge in [-0.1, -0.05) is 36.4 Å². The molecule has 76 valence electrons.